The predicted octanol–water partition coefficient (Wildman–Crippen LogP) is -0.837. The van der Waals surface area contributed by atoms with Crippen molar-refractivity contribution in [3.8, 4) is 0 Å². The topological polar surface area (TPSA) is 72.5 Å². The predicted molar refractivity (Wildman–Crippen MR) is 48.5 cm³/mol. The first-order valence-corrected chi connectivity index (χ1v) is 4.16. The molecular weight excluding hydrogens is 194 g/mol. The van der Waals surface area contributed by atoms with Gasteiger partial charge in [0.15, 0.2) is 0 Å². The molecule has 0 aromatic heterocycles. The summed E-state index contributed by atoms with van der Waals surface area (Å²) in [6.45, 7) is 1.11. The highest BCUT2D eigenvalue weighted by Crippen LogP contribution is 1.91. The van der Waals surface area contributed by atoms with E-state index in [0.29, 0.717) is 0 Å². The van der Waals surface area contributed by atoms with Gasteiger partial charge in [0.2, 0.25) is 5.78 Å². The third-order valence-corrected chi connectivity index (χ3v) is 1.66. The van der Waals surface area contributed by atoms with Crippen LogP contribution in [0.15, 0.2) is 0 Å². The van der Waals surface area contributed by atoms with Crippen molar-refractivity contribution in [1.29, 1.82) is 0 Å². The van der Waals surface area contributed by atoms with Crippen LogP contribution in [0.5, 0.6) is 0 Å². The first kappa shape index (κ1) is 12.0. The molecule has 0 unspecified atom stereocenters. The smallest absolute Gasteiger partial charge is 0.329 e. The van der Waals surface area contributed by atoms with Crippen LogP contribution in [-0.2, 0) is 19.1 Å². The minimum Gasteiger partial charge on any atom is -0.467 e. The number of amides is 1. The van der Waals surface area contributed by atoms with E-state index in [1.807, 2.05) is 0 Å². The average Bonchev–Trinajstić information content (AvgIpc) is 2.12. The lowest BCUT2D eigenvalue weighted by atomic mass is 10.3. The molecule has 0 aliphatic rings. The van der Waals surface area contributed by atoms with Crippen molar-refractivity contribution in [2.24, 2.45) is 0 Å². The molecule has 1 atom stereocenters. The maximum absolute atomic E-state index is 10.9. The quantitative estimate of drug-likeness (QED) is 0.357. The Morgan fingerprint density at radius 3 is 2.31 bits per heavy atom. The Balaban J connectivity index is 4.21. The van der Waals surface area contributed by atoms with Gasteiger partial charge in [0.25, 0.3) is 5.91 Å². The zero-order valence-electron chi connectivity index (χ0n) is 7.36. The lowest BCUT2D eigenvalue weighted by molar-refractivity contribution is -0.145. The molecule has 5 nitrogen and oxygen atoms in total. The molecule has 0 aromatic rings. The zero-order chi connectivity index (χ0) is 10.4. The fourth-order valence-electron chi connectivity index (χ4n) is 0.581. The van der Waals surface area contributed by atoms with Crippen LogP contribution in [0.1, 0.15) is 6.92 Å². The average molecular weight is 205 g/mol. The van der Waals surface area contributed by atoms with Gasteiger partial charge in [-0.25, -0.2) is 4.79 Å². The largest absolute Gasteiger partial charge is 0.467 e. The number of thiol groups is 1. The SMILES string of the molecule is COC(=O)[C@H](CS)NC(=O)C(C)=O. The number of carbonyl (C=O) groups is 3. The van der Waals surface area contributed by atoms with Gasteiger partial charge in [-0.05, 0) is 0 Å². The summed E-state index contributed by atoms with van der Waals surface area (Å²) in [5.41, 5.74) is 0. The summed E-state index contributed by atoms with van der Waals surface area (Å²) in [4.78, 5) is 32.3. The van der Waals surface area contributed by atoms with E-state index in [2.05, 4.69) is 22.7 Å². The lowest BCUT2D eigenvalue weighted by Crippen LogP contribution is -2.45. The number of methoxy groups -OCH3 is 1. The van der Waals surface area contributed by atoms with Crippen molar-refractivity contribution in [3.05, 3.63) is 0 Å². The van der Waals surface area contributed by atoms with Gasteiger partial charge in [-0.1, -0.05) is 0 Å². The van der Waals surface area contributed by atoms with E-state index in [9.17, 15) is 14.4 Å². The second-order valence-corrected chi connectivity index (χ2v) is 2.65. The van der Waals surface area contributed by atoms with Crippen molar-refractivity contribution in [2.75, 3.05) is 12.9 Å². The molecule has 1 amide bonds. The maximum atomic E-state index is 10.9. The van der Waals surface area contributed by atoms with Gasteiger partial charge < -0.3 is 10.1 Å². The Bertz CT molecular complexity index is 229. The van der Waals surface area contributed by atoms with Crippen molar-refractivity contribution in [2.45, 2.75) is 13.0 Å². The minimum absolute atomic E-state index is 0.0890. The van der Waals surface area contributed by atoms with Crippen LogP contribution in [0.3, 0.4) is 0 Å². The molecular formula is C7H11NO4S. The number of rotatable bonds is 4. The molecule has 1 N–H and O–H groups in total. The fraction of sp³-hybridized carbons (Fsp3) is 0.571. The van der Waals surface area contributed by atoms with E-state index in [0.717, 1.165) is 6.92 Å². The number of hydrogen-bond acceptors (Lipinski definition) is 5. The zero-order valence-corrected chi connectivity index (χ0v) is 8.26. The van der Waals surface area contributed by atoms with Crippen LogP contribution in [-0.4, -0.2) is 36.6 Å². The lowest BCUT2D eigenvalue weighted by Gasteiger charge is -2.12. The van der Waals surface area contributed by atoms with Crippen molar-refractivity contribution in [3.63, 3.8) is 0 Å². The van der Waals surface area contributed by atoms with Crippen LogP contribution in [0.25, 0.3) is 0 Å². The third kappa shape index (κ3) is 3.93. The summed E-state index contributed by atoms with van der Waals surface area (Å²) in [5.74, 6) is -2.00. The van der Waals surface area contributed by atoms with E-state index >= 15 is 0 Å². The fourth-order valence-corrected chi connectivity index (χ4v) is 0.822. The van der Waals surface area contributed by atoms with Crippen LogP contribution < -0.4 is 5.32 Å². The van der Waals surface area contributed by atoms with Crippen molar-refractivity contribution >= 4 is 30.3 Å². The van der Waals surface area contributed by atoms with E-state index in [1.54, 1.807) is 0 Å². The number of hydrogen-bond donors (Lipinski definition) is 2. The highest BCUT2D eigenvalue weighted by Gasteiger charge is 2.21. The number of esters is 1. The van der Waals surface area contributed by atoms with E-state index in [4.69, 9.17) is 0 Å². The number of ether oxygens (including phenoxy) is 1. The maximum Gasteiger partial charge on any atom is 0.329 e. The molecule has 0 saturated carbocycles. The summed E-state index contributed by atoms with van der Waals surface area (Å²) in [6, 6.07) is -0.871. The number of nitrogens with one attached hydrogen (secondary N) is 1. The number of ketones is 1. The summed E-state index contributed by atoms with van der Waals surface area (Å²) in [5, 5.41) is 2.18. The monoisotopic (exact) mass is 205 g/mol. The summed E-state index contributed by atoms with van der Waals surface area (Å²) in [6.07, 6.45) is 0. The van der Waals surface area contributed by atoms with Gasteiger partial charge in [0.05, 0.1) is 7.11 Å². The molecule has 0 radical (unpaired) electrons. The molecule has 6 heteroatoms. The van der Waals surface area contributed by atoms with Gasteiger partial charge in [0, 0.05) is 12.7 Å². The first-order valence-electron chi connectivity index (χ1n) is 3.53. The second-order valence-electron chi connectivity index (χ2n) is 2.29. The highest BCUT2D eigenvalue weighted by molar-refractivity contribution is 7.80. The van der Waals surface area contributed by atoms with Gasteiger partial charge in [-0.2, -0.15) is 12.6 Å². The van der Waals surface area contributed by atoms with Crippen LogP contribution in [0.2, 0.25) is 0 Å². The minimum atomic E-state index is -0.871. The van der Waals surface area contributed by atoms with Crippen molar-refractivity contribution in [1.82, 2.24) is 5.32 Å². The second kappa shape index (κ2) is 5.58. The summed E-state index contributed by atoms with van der Waals surface area (Å²) < 4.78 is 4.37. The normalized spacial score (nSPS) is 11.6. The molecule has 74 valence electrons. The first-order chi connectivity index (χ1) is 6.02. The molecule has 13 heavy (non-hydrogen) atoms. The Hall–Kier alpha value is -1.04. The highest BCUT2D eigenvalue weighted by atomic mass is 32.1. The summed E-state index contributed by atoms with van der Waals surface area (Å²) >= 11 is 3.83. The number of Topliss-reactive ketones (excluding diaryl/α,β-unsaturated/α-hetero) is 1. The van der Waals surface area contributed by atoms with E-state index in [1.165, 1.54) is 7.11 Å². The molecule has 0 bridgehead atoms. The van der Waals surface area contributed by atoms with Crippen molar-refractivity contribution < 1.29 is 19.1 Å². The van der Waals surface area contributed by atoms with Gasteiger partial charge in [-0.3, -0.25) is 9.59 Å². The Labute approximate surface area is 81.2 Å². The Kier molecular flexibility index (Phi) is 5.13. The molecule has 0 aliphatic heterocycles. The molecule has 0 saturated heterocycles. The van der Waals surface area contributed by atoms with E-state index in [-0.39, 0.29) is 5.75 Å². The Morgan fingerprint density at radius 2 is 2.00 bits per heavy atom. The molecule has 0 aliphatic carbocycles. The summed E-state index contributed by atoms with van der Waals surface area (Å²) in [7, 11) is 1.19. The van der Waals surface area contributed by atoms with Crippen LogP contribution in [0, 0.1) is 0 Å². The number of carbonyl (C=O) groups excluding carboxylic acids is 3. The third-order valence-electron chi connectivity index (χ3n) is 1.29. The van der Waals surface area contributed by atoms with Gasteiger partial charge in [0.1, 0.15) is 6.04 Å². The Morgan fingerprint density at radius 1 is 1.46 bits per heavy atom. The van der Waals surface area contributed by atoms with E-state index < -0.39 is 23.7 Å². The van der Waals surface area contributed by atoms with Gasteiger partial charge >= 0.3 is 5.97 Å². The van der Waals surface area contributed by atoms with Crippen LogP contribution >= 0.6 is 12.6 Å². The molecule has 0 spiro atoms. The van der Waals surface area contributed by atoms with Gasteiger partial charge in [-0.15, -0.1) is 0 Å². The standard InChI is InChI=1S/C7H11NO4S/c1-4(9)6(10)8-5(3-13)7(11)12-2/h5,13H,3H2,1-2H3,(H,8,10)/t5-/m0/s1. The molecule has 0 aromatic carbocycles. The molecule has 0 fully saturated rings. The molecule has 0 rings (SSSR count). The van der Waals surface area contributed by atoms with Crippen LogP contribution in [0.4, 0.5) is 0 Å². The molecule has 0 heterocycles.